The zero-order chi connectivity index (χ0) is 22.6. The van der Waals surface area contributed by atoms with Crippen molar-refractivity contribution in [3.63, 3.8) is 0 Å². The van der Waals surface area contributed by atoms with Gasteiger partial charge >= 0.3 is 0 Å². The van der Waals surface area contributed by atoms with E-state index in [0.717, 1.165) is 60.2 Å². The van der Waals surface area contributed by atoms with E-state index in [4.69, 9.17) is 4.99 Å². The molecule has 32 heavy (non-hydrogen) atoms. The lowest BCUT2D eigenvalue weighted by Crippen LogP contribution is -2.41. The summed E-state index contributed by atoms with van der Waals surface area (Å²) in [6.07, 6.45) is 4.44. The molecular formula is C25H30N6O. The Morgan fingerprint density at radius 3 is 2.31 bits per heavy atom. The molecule has 7 nitrogen and oxygen atoms in total. The zero-order valence-electron chi connectivity index (χ0n) is 19.0. The van der Waals surface area contributed by atoms with E-state index in [2.05, 4.69) is 71.7 Å². The molecule has 166 valence electrons. The molecule has 0 radical (unpaired) electrons. The Hall–Kier alpha value is -3.35. The summed E-state index contributed by atoms with van der Waals surface area (Å²) in [5, 5.41) is 14.4. The fourth-order valence-corrected chi connectivity index (χ4v) is 4.30. The van der Waals surface area contributed by atoms with Gasteiger partial charge in [0.2, 0.25) is 5.82 Å². The van der Waals surface area contributed by atoms with Crippen molar-refractivity contribution in [1.82, 2.24) is 25.5 Å². The molecular weight excluding hydrogens is 400 g/mol. The van der Waals surface area contributed by atoms with Crippen LogP contribution in [0.15, 0.2) is 53.5 Å². The molecule has 0 atom stereocenters. The van der Waals surface area contributed by atoms with Crippen molar-refractivity contribution in [2.75, 3.05) is 0 Å². The Kier molecular flexibility index (Phi) is 6.44. The van der Waals surface area contributed by atoms with Gasteiger partial charge < -0.3 is 0 Å². The van der Waals surface area contributed by atoms with Gasteiger partial charge in [-0.3, -0.25) is 14.7 Å². The Morgan fingerprint density at radius 2 is 1.69 bits per heavy atom. The van der Waals surface area contributed by atoms with Crippen LogP contribution in [0.5, 0.6) is 0 Å². The number of hydrogen-bond donors (Lipinski definition) is 1. The van der Waals surface area contributed by atoms with E-state index < -0.39 is 5.54 Å². The van der Waals surface area contributed by atoms with Crippen molar-refractivity contribution in [2.45, 2.75) is 65.0 Å². The summed E-state index contributed by atoms with van der Waals surface area (Å²) in [5.41, 5.74) is 3.53. The molecule has 0 aliphatic carbocycles. The minimum atomic E-state index is -0.591. The third-order valence-corrected chi connectivity index (χ3v) is 6.34. The van der Waals surface area contributed by atoms with E-state index in [-0.39, 0.29) is 5.91 Å². The van der Waals surface area contributed by atoms with E-state index in [1.54, 1.807) is 0 Å². The van der Waals surface area contributed by atoms with E-state index in [1.807, 2.05) is 23.1 Å². The van der Waals surface area contributed by atoms with Crippen LogP contribution in [0.2, 0.25) is 0 Å². The molecule has 2 heterocycles. The number of aromatic amines is 1. The Labute approximate surface area is 189 Å². The summed E-state index contributed by atoms with van der Waals surface area (Å²) >= 11 is 0. The molecule has 1 aliphatic rings. The number of amidine groups is 1. The number of rotatable bonds is 9. The van der Waals surface area contributed by atoms with Crippen molar-refractivity contribution in [3.05, 3.63) is 54.1 Å². The number of unbranched alkanes of at least 4 members (excludes halogenated alkanes) is 1. The van der Waals surface area contributed by atoms with Crippen LogP contribution < -0.4 is 0 Å². The quantitative estimate of drug-likeness (QED) is 0.516. The molecule has 0 spiro atoms. The number of benzene rings is 2. The number of aliphatic imine (C=N–C) groups is 1. The molecule has 1 N–H and O–H groups in total. The van der Waals surface area contributed by atoms with Gasteiger partial charge in [-0.2, -0.15) is 5.21 Å². The standard InChI is InChI=1S/C25H30N6O/c1-4-7-12-22-26-25(5-2,6-3)24(32)31(22)17-18-13-15-19(16-14-18)20-10-8-9-11-21(20)23-27-29-30-28-23/h8-11,13-16H,4-7,12,17H2,1-3H3,(H,27,28,29,30). The number of H-pyrrole nitrogens is 1. The van der Waals surface area contributed by atoms with Crippen LogP contribution in [0.3, 0.4) is 0 Å². The molecule has 0 unspecified atom stereocenters. The average molecular weight is 431 g/mol. The van der Waals surface area contributed by atoms with Crippen LogP contribution in [-0.4, -0.2) is 42.8 Å². The first kappa shape index (κ1) is 21.9. The highest BCUT2D eigenvalue weighted by Crippen LogP contribution is 2.33. The summed E-state index contributed by atoms with van der Waals surface area (Å²) in [7, 11) is 0. The van der Waals surface area contributed by atoms with Crippen molar-refractivity contribution < 1.29 is 4.79 Å². The second-order valence-electron chi connectivity index (χ2n) is 8.24. The number of aromatic nitrogens is 4. The molecule has 0 fully saturated rings. The van der Waals surface area contributed by atoms with Crippen molar-refractivity contribution in [2.24, 2.45) is 4.99 Å². The molecule has 0 saturated carbocycles. The van der Waals surface area contributed by atoms with Gasteiger partial charge in [0.15, 0.2) is 0 Å². The zero-order valence-corrected chi connectivity index (χ0v) is 19.0. The van der Waals surface area contributed by atoms with Crippen LogP contribution in [0.25, 0.3) is 22.5 Å². The van der Waals surface area contributed by atoms with Gasteiger partial charge in [-0.05, 0) is 41.2 Å². The SMILES string of the molecule is CCCCC1=NC(CC)(CC)C(=O)N1Cc1ccc(-c2ccccc2-c2nn[nH]n2)cc1. The van der Waals surface area contributed by atoms with Crippen LogP contribution in [0, 0.1) is 0 Å². The lowest BCUT2D eigenvalue weighted by molar-refractivity contribution is -0.131. The maximum absolute atomic E-state index is 13.3. The molecule has 1 aromatic heterocycles. The second kappa shape index (κ2) is 9.42. The second-order valence-corrected chi connectivity index (χ2v) is 8.24. The largest absolute Gasteiger partial charge is 0.294 e. The van der Waals surface area contributed by atoms with E-state index in [0.29, 0.717) is 12.4 Å². The molecule has 1 amide bonds. The minimum absolute atomic E-state index is 0.139. The van der Waals surface area contributed by atoms with Crippen LogP contribution in [0.1, 0.15) is 58.4 Å². The molecule has 0 saturated heterocycles. The fraction of sp³-hybridized carbons (Fsp3) is 0.400. The molecule has 0 bridgehead atoms. The van der Waals surface area contributed by atoms with Gasteiger partial charge in [0.25, 0.3) is 5.91 Å². The predicted octanol–water partition coefficient (Wildman–Crippen LogP) is 5.02. The first-order chi connectivity index (χ1) is 15.6. The summed E-state index contributed by atoms with van der Waals surface area (Å²) in [4.78, 5) is 20.2. The van der Waals surface area contributed by atoms with Gasteiger partial charge in [0.1, 0.15) is 11.4 Å². The Balaban J connectivity index is 1.58. The number of carbonyl (C=O) groups excluding carboxylic acids is 1. The van der Waals surface area contributed by atoms with Crippen molar-refractivity contribution in [1.29, 1.82) is 0 Å². The highest BCUT2D eigenvalue weighted by Gasteiger charge is 2.45. The number of tetrazole rings is 1. The Morgan fingerprint density at radius 1 is 0.969 bits per heavy atom. The van der Waals surface area contributed by atoms with E-state index in [9.17, 15) is 4.79 Å². The lowest BCUT2D eigenvalue weighted by atomic mass is 9.93. The third kappa shape index (κ3) is 4.07. The first-order valence-electron chi connectivity index (χ1n) is 11.4. The fourth-order valence-electron chi connectivity index (χ4n) is 4.30. The van der Waals surface area contributed by atoms with Crippen LogP contribution in [-0.2, 0) is 11.3 Å². The summed E-state index contributed by atoms with van der Waals surface area (Å²) < 4.78 is 0. The van der Waals surface area contributed by atoms with Gasteiger partial charge in [-0.25, -0.2) is 0 Å². The van der Waals surface area contributed by atoms with E-state index in [1.165, 1.54) is 0 Å². The molecule has 1 aliphatic heterocycles. The average Bonchev–Trinajstić information content (AvgIpc) is 3.46. The smallest absolute Gasteiger partial charge is 0.256 e. The third-order valence-electron chi connectivity index (χ3n) is 6.34. The normalized spacial score (nSPS) is 15.3. The molecule has 7 heteroatoms. The van der Waals surface area contributed by atoms with Gasteiger partial charge in [-0.15, -0.1) is 10.2 Å². The number of hydrogen-bond acceptors (Lipinski definition) is 5. The first-order valence-corrected chi connectivity index (χ1v) is 11.4. The van der Waals surface area contributed by atoms with Crippen LogP contribution >= 0.6 is 0 Å². The maximum Gasteiger partial charge on any atom is 0.256 e. The highest BCUT2D eigenvalue weighted by molar-refractivity contribution is 6.08. The van der Waals surface area contributed by atoms with Gasteiger partial charge in [0.05, 0.1) is 6.54 Å². The summed E-state index contributed by atoms with van der Waals surface area (Å²) in [5.74, 6) is 1.65. The van der Waals surface area contributed by atoms with Gasteiger partial charge in [0, 0.05) is 12.0 Å². The monoisotopic (exact) mass is 430 g/mol. The van der Waals surface area contributed by atoms with Gasteiger partial charge in [-0.1, -0.05) is 75.7 Å². The van der Waals surface area contributed by atoms with E-state index >= 15 is 0 Å². The molecule has 3 aromatic rings. The summed E-state index contributed by atoms with van der Waals surface area (Å²) in [6.45, 7) is 6.83. The van der Waals surface area contributed by atoms with Crippen molar-refractivity contribution >= 4 is 11.7 Å². The molecule has 2 aromatic carbocycles. The number of nitrogens with one attached hydrogen (secondary N) is 1. The lowest BCUT2D eigenvalue weighted by Gasteiger charge is -2.24. The topological polar surface area (TPSA) is 87.1 Å². The predicted molar refractivity (Wildman–Crippen MR) is 126 cm³/mol. The number of carbonyl (C=O) groups is 1. The minimum Gasteiger partial charge on any atom is -0.294 e. The number of amides is 1. The maximum atomic E-state index is 13.3. The highest BCUT2D eigenvalue weighted by atomic mass is 16.2. The van der Waals surface area contributed by atoms with Crippen LogP contribution in [0.4, 0.5) is 0 Å². The Bertz CT molecular complexity index is 1080. The number of nitrogens with zero attached hydrogens (tertiary/aromatic N) is 5. The summed E-state index contributed by atoms with van der Waals surface area (Å²) in [6, 6.07) is 16.4. The van der Waals surface area contributed by atoms with Crippen molar-refractivity contribution in [3.8, 4) is 22.5 Å². The molecule has 4 rings (SSSR count).